The Labute approximate surface area is 303 Å². The van der Waals surface area contributed by atoms with Crippen LogP contribution in [0.2, 0.25) is 5.02 Å². The van der Waals surface area contributed by atoms with E-state index in [-0.39, 0.29) is 18.4 Å². The lowest BCUT2D eigenvalue weighted by Gasteiger charge is -2.31. The number of aryl methyl sites for hydroxylation is 1. The third-order valence-electron chi connectivity index (χ3n) is 9.73. The number of rotatable bonds is 13. The van der Waals surface area contributed by atoms with Crippen molar-refractivity contribution in [2.45, 2.75) is 57.8 Å². The van der Waals surface area contributed by atoms with Crippen molar-refractivity contribution in [3.8, 4) is 0 Å². The summed E-state index contributed by atoms with van der Waals surface area (Å²) in [4.78, 5) is 56.6. The summed E-state index contributed by atoms with van der Waals surface area (Å²) in [5.74, 6) is 0.410. The lowest BCUT2D eigenvalue weighted by atomic mass is 9.93. The largest absolute Gasteiger partial charge is 0.473 e. The predicted molar refractivity (Wildman–Crippen MR) is 197 cm³/mol. The van der Waals surface area contributed by atoms with Gasteiger partial charge in [-0.1, -0.05) is 29.8 Å². The number of aromatic nitrogens is 2. The lowest BCUT2D eigenvalue weighted by Crippen LogP contribution is -2.41. The second kappa shape index (κ2) is 17.1. The molecule has 3 heterocycles. The molecule has 2 amide bonds. The molecule has 11 nitrogen and oxygen atoms in total. The van der Waals surface area contributed by atoms with Crippen molar-refractivity contribution in [2.75, 3.05) is 33.7 Å². The molecule has 0 spiro atoms. The molecule has 2 atom stereocenters. The maximum absolute atomic E-state index is 14.0. The van der Waals surface area contributed by atoms with Gasteiger partial charge < -0.3 is 23.9 Å². The summed E-state index contributed by atoms with van der Waals surface area (Å²) in [5, 5.41) is 0.332. The Hall–Kier alpha value is -4.52. The van der Waals surface area contributed by atoms with Crippen LogP contribution >= 0.6 is 11.6 Å². The van der Waals surface area contributed by atoms with E-state index in [4.69, 9.17) is 21.3 Å². The average molecular weight is 718 g/mol. The number of aliphatic imine (C=N–C) groups is 2. The van der Waals surface area contributed by atoms with Crippen LogP contribution in [0.4, 0.5) is 4.39 Å². The average Bonchev–Trinajstić information content (AvgIpc) is 3.69. The second-order valence-electron chi connectivity index (χ2n) is 13.4. The molecule has 0 N–H and O–H groups in total. The molecular formula is C38H45ClFN7O4. The van der Waals surface area contributed by atoms with E-state index in [9.17, 15) is 18.8 Å². The molecule has 0 bridgehead atoms. The normalized spacial score (nSPS) is 19.4. The van der Waals surface area contributed by atoms with Gasteiger partial charge in [0.2, 0.25) is 5.88 Å². The van der Waals surface area contributed by atoms with Crippen LogP contribution < -0.4 is 0 Å². The van der Waals surface area contributed by atoms with Crippen molar-refractivity contribution in [1.29, 1.82) is 0 Å². The van der Waals surface area contributed by atoms with Crippen LogP contribution in [0.15, 0.2) is 70.5 Å². The number of carbonyl (C=O) groups excluding carboxylic acids is 3. The van der Waals surface area contributed by atoms with Gasteiger partial charge in [-0.25, -0.2) is 19.4 Å². The van der Waals surface area contributed by atoms with E-state index in [0.29, 0.717) is 53.0 Å². The number of halogens is 2. The fourth-order valence-corrected chi connectivity index (χ4v) is 6.67. The van der Waals surface area contributed by atoms with Gasteiger partial charge in [0.15, 0.2) is 0 Å². The highest BCUT2D eigenvalue weighted by Crippen LogP contribution is 2.25. The molecule has 270 valence electrons. The number of likely N-dealkylation sites (tertiary alicyclic amines) is 2. The summed E-state index contributed by atoms with van der Waals surface area (Å²) >= 11 is 5.82. The molecule has 0 saturated carbocycles. The Morgan fingerprint density at radius 3 is 2.63 bits per heavy atom. The molecule has 2 fully saturated rings. The van der Waals surface area contributed by atoms with Gasteiger partial charge in [0.1, 0.15) is 30.2 Å². The summed E-state index contributed by atoms with van der Waals surface area (Å²) in [5.41, 5.74) is 2.39. The van der Waals surface area contributed by atoms with Crippen LogP contribution in [-0.2, 0) is 34.5 Å². The monoisotopic (exact) mass is 717 g/mol. The van der Waals surface area contributed by atoms with Crippen LogP contribution in [0, 0.1) is 11.7 Å². The molecule has 1 aromatic heterocycles. The van der Waals surface area contributed by atoms with Gasteiger partial charge in [0.05, 0.1) is 23.6 Å². The number of nitrogens with zero attached hydrogens (tertiary/aromatic N) is 7. The van der Waals surface area contributed by atoms with E-state index < -0.39 is 23.7 Å². The van der Waals surface area contributed by atoms with E-state index in [1.54, 1.807) is 30.3 Å². The number of hydrogen-bond acceptors (Lipinski definition) is 8. The van der Waals surface area contributed by atoms with E-state index in [2.05, 4.69) is 27.7 Å². The fourth-order valence-electron chi connectivity index (χ4n) is 6.51. The molecule has 3 aromatic rings. The molecule has 5 rings (SSSR count). The number of aldehydes is 1. The molecule has 51 heavy (non-hydrogen) atoms. The Balaban J connectivity index is 1.12. The second-order valence-corrected chi connectivity index (χ2v) is 13.8. The SMILES string of the molecule is C=N/C(=C\C=C/CC1CCN(Cc2nc3cc(C(=O)N=C(C)C(=O)N4CC(N(C)C)CC4C=O)ccc3n2C)CC1)OCc1ccc(Cl)cc1F. The van der Waals surface area contributed by atoms with Crippen molar-refractivity contribution in [3.63, 3.8) is 0 Å². The first-order valence-corrected chi connectivity index (χ1v) is 17.5. The minimum absolute atomic E-state index is 0.0307. The zero-order valence-electron chi connectivity index (χ0n) is 29.6. The number of imidazole rings is 1. The molecule has 2 unspecified atom stereocenters. The minimum Gasteiger partial charge on any atom is -0.473 e. The van der Waals surface area contributed by atoms with Crippen molar-refractivity contribution in [1.82, 2.24) is 24.3 Å². The third-order valence-corrected chi connectivity index (χ3v) is 9.97. The number of likely N-dealkylation sites (N-methyl/N-ethyl adjacent to an activating group) is 1. The first-order chi connectivity index (χ1) is 24.5. The summed E-state index contributed by atoms with van der Waals surface area (Å²) < 4.78 is 21.7. The van der Waals surface area contributed by atoms with Crippen LogP contribution in [0.1, 0.15) is 54.4 Å². The smallest absolute Gasteiger partial charge is 0.277 e. The van der Waals surface area contributed by atoms with E-state index in [0.717, 1.165) is 50.0 Å². The highest BCUT2D eigenvalue weighted by molar-refractivity contribution is 6.40. The summed E-state index contributed by atoms with van der Waals surface area (Å²) in [6.45, 7) is 8.07. The number of allylic oxidation sites excluding steroid dienone is 3. The topological polar surface area (TPSA) is 113 Å². The molecule has 0 aliphatic carbocycles. The highest BCUT2D eigenvalue weighted by Gasteiger charge is 2.37. The molecule has 0 radical (unpaired) electrons. The van der Waals surface area contributed by atoms with Crippen LogP contribution in [0.3, 0.4) is 0 Å². The van der Waals surface area contributed by atoms with Gasteiger partial charge in [-0.15, -0.1) is 0 Å². The molecule has 2 aliphatic heterocycles. The van der Waals surface area contributed by atoms with Gasteiger partial charge in [-0.05, 0) is 109 Å². The first-order valence-electron chi connectivity index (χ1n) is 17.1. The van der Waals surface area contributed by atoms with E-state index in [1.807, 2.05) is 42.8 Å². The molecular weight excluding hydrogens is 673 g/mol. The molecule has 2 saturated heterocycles. The Bertz CT molecular complexity index is 1860. The maximum Gasteiger partial charge on any atom is 0.277 e. The van der Waals surface area contributed by atoms with Crippen LogP contribution in [-0.4, -0.2) is 101 Å². The number of carbonyl (C=O) groups is 3. The number of hydrogen-bond donors (Lipinski definition) is 0. The van der Waals surface area contributed by atoms with Crippen LogP contribution in [0.5, 0.6) is 0 Å². The van der Waals surface area contributed by atoms with Gasteiger partial charge >= 0.3 is 0 Å². The van der Waals surface area contributed by atoms with E-state index >= 15 is 0 Å². The summed E-state index contributed by atoms with van der Waals surface area (Å²) in [7, 11) is 5.81. The van der Waals surface area contributed by atoms with Gasteiger partial charge in [0.25, 0.3) is 11.8 Å². The zero-order valence-corrected chi connectivity index (χ0v) is 30.4. The fraction of sp³-hybridized carbons (Fsp3) is 0.421. The van der Waals surface area contributed by atoms with E-state index in [1.165, 1.54) is 17.9 Å². The number of ether oxygens (including phenoxy) is 1. The van der Waals surface area contributed by atoms with Crippen LogP contribution in [0.25, 0.3) is 11.0 Å². The van der Waals surface area contributed by atoms with Gasteiger partial charge in [0, 0.05) is 35.8 Å². The van der Waals surface area contributed by atoms with Crippen molar-refractivity contribution < 1.29 is 23.5 Å². The van der Waals surface area contributed by atoms with Crippen molar-refractivity contribution >= 4 is 53.2 Å². The number of amides is 2. The zero-order chi connectivity index (χ0) is 36.7. The van der Waals surface area contributed by atoms with Gasteiger partial charge in [-0.3, -0.25) is 14.5 Å². The predicted octanol–water partition coefficient (Wildman–Crippen LogP) is 5.61. The Morgan fingerprint density at radius 2 is 1.94 bits per heavy atom. The minimum atomic E-state index is -0.533. The molecule has 13 heteroatoms. The lowest BCUT2D eigenvalue weighted by molar-refractivity contribution is -0.128. The Kier molecular flexibility index (Phi) is 12.7. The van der Waals surface area contributed by atoms with Crippen molar-refractivity contribution in [2.24, 2.45) is 23.0 Å². The standard InChI is InChI=1S/C38H45ClFN7O4/c1-25(38(50)47-21-30(44(3)4)20-31(47)23-48)42-37(49)27-11-13-34-33(18-27)43-35(45(34)5)22-46-16-14-26(15-17-46)8-6-7-9-36(41-2)51-24-28-10-12-29(39)19-32(28)40/h6-7,9-13,18-19,23,26,30-31H,2,8,14-17,20-22,24H2,1,3-5H3/b7-6-,36-9+,42-25?. The van der Waals surface area contributed by atoms with Gasteiger partial charge in [-0.2, -0.15) is 0 Å². The highest BCUT2D eigenvalue weighted by atomic mass is 35.5. The number of benzene rings is 2. The third kappa shape index (κ3) is 9.43. The molecule has 2 aromatic carbocycles. The number of fused-ring (bicyclic) bond motifs is 1. The summed E-state index contributed by atoms with van der Waals surface area (Å²) in [6, 6.07) is 9.28. The summed E-state index contributed by atoms with van der Waals surface area (Å²) in [6.07, 6.45) is 10.1. The maximum atomic E-state index is 14.0. The van der Waals surface area contributed by atoms with Crippen molar-refractivity contribution in [3.05, 3.63) is 88.3 Å². The number of piperidine rings is 1. The Morgan fingerprint density at radius 1 is 1.18 bits per heavy atom. The molecule has 2 aliphatic rings. The first kappa shape index (κ1) is 37.7. The quantitative estimate of drug-likeness (QED) is 0.0978.